The average Bonchev–Trinajstić information content (AvgIpc) is 3.06. The van der Waals surface area contributed by atoms with E-state index in [0.717, 1.165) is 16.3 Å². The molecule has 0 saturated carbocycles. The van der Waals surface area contributed by atoms with Crippen LogP contribution in [0.2, 0.25) is 0 Å². The quantitative estimate of drug-likeness (QED) is 0.318. The minimum atomic E-state index is -0.311. The van der Waals surface area contributed by atoms with E-state index in [2.05, 4.69) is 15.2 Å². The van der Waals surface area contributed by atoms with Gasteiger partial charge in [-0.15, -0.1) is 10.2 Å². The topological polar surface area (TPSA) is 75.7 Å². The number of thioether (sulfide) groups is 1. The van der Waals surface area contributed by atoms with Crippen LogP contribution >= 0.6 is 11.8 Å². The van der Waals surface area contributed by atoms with Gasteiger partial charge in [-0.2, -0.15) is 0 Å². The molecular weight excluding hydrogens is 413 g/mol. The molecule has 0 fully saturated rings. The molecule has 0 spiro atoms. The van der Waals surface area contributed by atoms with Gasteiger partial charge in [-0.1, -0.05) is 36.0 Å². The Morgan fingerprint density at radius 1 is 1.00 bits per heavy atom. The highest BCUT2D eigenvalue weighted by atomic mass is 32.2. The van der Waals surface area contributed by atoms with Gasteiger partial charge in [0.05, 0.1) is 11.4 Å². The lowest BCUT2D eigenvalue weighted by Gasteiger charge is -2.09. The van der Waals surface area contributed by atoms with Crippen LogP contribution in [0.1, 0.15) is 39.0 Å². The zero-order chi connectivity index (χ0) is 22.1. The summed E-state index contributed by atoms with van der Waals surface area (Å²) in [6.45, 7) is 5.07. The Labute approximate surface area is 183 Å². The summed E-state index contributed by atoms with van der Waals surface area (Å²) in [5.74, 6) is -0.320. The van der Waals surface area contributed by atoms with E-state index in [0.29, 0.717) is 33.2 Å². The van der Waals surface area contributed by atoms with Crippen molar-refractivity contribution in [2.75, 3.05) is 5.75 Å². The third kappa shape index (κ3) is 4.01. The monoisotopic (exact) mass is 433 g/mol. The Kier molecular flexibility index (Phi) is 5.69. The number of H-pyrrole nitrogens is 1. The SMILES string of the molecule is CC(=O)c1c(C)[nH]c(C(=O)CSc2nnc(-c3ccc(F)cc3)c3ccccc23)c1C. The first-order valence-electron chi connectivity index (χ1n) is 9.74. The highest BCUT2D eigenvalue weighted by molar-refractivity contribution is 8.00. The van der Waals surface area contributed by atoms with E-state index in [9.17, 15) is 14.0 Å². The number of benzene rings is 2. The molecule has 4 rings (SSSR count). The predicted octanol–water partition coefficient (Wildman–Crippen LogP) is 5.56. The van der Waals surface area contributed by atoms with Gasteiger partial charge in [0.25, 0.3) is 0 Å². The maximum absolute atomic E-state index is 13.3. The van der Waals surface area contributed by atoms with Gasteiger partial charge in [-0.3, -0.25) is 9.59 Å². The van der Waals surface area contributed by atoms with Gasteiger partial charge < -0.3 is 4.98 Å². The number of aromatic amines is 1. The number of halogens is 1. The Bertz CT molecular complexity index is 1310. The van der Waals surface area contributed by atoms with Crippen LogP contribution in [0.4, 0.5) is 4.39 Å². The van der Waals surface area contributed by atoms with Crippen LogP contribution in [0.3, 0.4) is 0 Å². The minimum Gasteiger partial charge on any atom is -0.355 e. The lowest BCUT2D eigenvalue weighted by Crippen LogP contribution is -2.06. The number of nitrogens with one attached hydrogen (secondary N) is 1. The van der Waals surface area contributed by atoms with Gasteiger partial charge in [0.1, 0.15) is 16.5 Å². The van der Waals surface area contributed by atoms with Crippen LogP contribution < -0.4 is 0 Å². The van der Waals surface area contributed by atoms with Crippen LogP contribution in [0.15, 0.2) is 53.6 Å². The fraction of sp³-hybridized carbons (Fsp3) is 0.167. The third-order valence-corrected chi connectivity index (χ3v) is 6.16. The van der Waals surface area contributed by atoms with E-state index in [1.54, 1.807) is 26.0 Å². The van der Waals surface area contributed by atoms with Crippen LogP contribution in [0.5, 0.6) is 0 Å². The van der Waals surface area contributed by atoms with Gasteiger partial charge in [0.2, 0.25) is 0 Å². The van der Waals surface area contributed by atoms with Crippen molar-refractivity contribution in [1.29, 1.82) is 0 Å². The van der Waals surface area contributed by atoms with Gasteiger partial charge in [0, 0.05) is 27.6 Å². The van der Waals surface area contributed by atoms with E-state index in [-0.39, 0.29) is 23.1 Å². The molecule has 2 heterocycles. The Morgan fingerprint density at radius 3 is 2.32 bits per heavy atom. The molecule has 4 aromatic rings. The number of nitrogens with zero attached hydrogens (tertiary/aromatic N) is 2. The zero-order valence-electron chi connectivity index (χ0n) is 17.3. The molecule has 5 nitrogen and oxygen atoms in total. The molecule has 156 valence electrons. The van der Waals surface area contributed by atoms with Gasteiger partial charge in [0.15, 0.2) is 11.6 Å². The number of hydrogen-bond acceptors (Lipinski definition) is 5. The number of Topliss-reactive ketones (excluding diaryl/α,β-unsaturated/α-hetero) is 2. The number of carbonyl (C=O) groups is 2. The Hall–Kier alpha value is -3.32. The van der Waals surface area contributed by atoms with E-state index in [1.165, 1.54) is 30.8 Å². The van der Waals surface area contributed by atoms with E-state index in [4.69, 9.17) is 0 Å². The zero-order valence-corrected chi connectivity index (χ0v) is 18.1. The number of aryl methyl sites for hydroxylation is 1. The Balaban J connectivity index is 1.64. The first-order chi connectivity index (χ1) is 14.9. The van der Waals surface area contributed by atoms with Crippen molar-refractivity contribution >= 4 is 34.1 Å². The van der Waals surface area contributed by atoms with Crippen LogP contribution in [0.25, 0.3) is 22.0 Å². The molecular formula is C24H20FN3O2S. The first-order valence-corrected chi connectivity index (χ1v) is 10.7. The first kappa shape index (κ1) is 20.9. The molecule has 0 radical (unpaired) electrons. The highest BCUT2D eigenvalue weighted by Gasteiger charge is 2.20. The summed E-state index contributed by atoms with van der Waals surface area (Å²) < 4.78 is 13.3. The summed E-state index contributed by atoms with van der Waals surface area (Å²) in [5, 5.41) is 11.1. The standard InChI is InChI=1S/C24H20FN3O2S/c1-13-21(15(3)29)14(2)26-22(13)20(30)12-31-24-19-7-5-4-6-18(19)23(27-28-24)16-8-10-17(25)11-9-16/h4-11,26H,12H2,1-3H3. The van der Waals surface area contributed by atoms with Crippen LogP contribution in [-0.2, 0) is 0 Å². The van der Waals surface area contributed by atoms with Gasteiger partial charge >= 0.3 is 0 Å². The Morgan fingerprint density at radius 2 is 1.68 bits per heavy atom. The second-order valence-electron chi connectivity index (χ2n) is 7.30. The average molecular weight is 434 g/mol. The van der Waals surface area contributed by atoms with Gasteiger partial charge in [-0.25, -0.2) is 4.39 Å². The summed E-state index contributed by atoms with van der Waals surface area (Å²) in [7, 11) is 0. The van der Waals surface area contributed by atoms with E-state index >= 15 is 0 Å². The molecule has 0 saturated heterocycles. The summed E-state index contributed by atoms with van der Waals surface area (Å²) >= 11 is 1.30. The molecule has 0 amide bonds. The molecule has 0 aliphatic carbocycles. The summed E-state index contributed by atoms with van der Waals surface area (Å²) in [4.78, 5) is 27.7. The summed E-state index contributed by atoms with van der Waals surface area (Å²) in [6, 6.07) is 13.8. The molecule has 0 aliphatic heterocycles. The van der Waals surface area contributed by atoms with Crippen molar-refractivity contribution < 1.29 is 14.0 Å². The smallest absolute Gasteiger partial charge is 0.189 e. The molecule has 7 heteroatoms. The minimum absolute atomic E-state index is 0.0637. The van der Waals surface area contributed by atoms with Gasteiger partial charge in [-0.05, 0) is 50.6 Å². The van der Waals surface area contributed by atoms with Crippen molar-refractivity contribution in [1.82, 2.24) is 15.2 Å². The van der Waals surface area contributed by atoms with Crippen LogP contribution in [0, 0.1) is 19.7 Å². The lowest BCUT2D eigenvalue weighted by atomic mass is 10.1. The molecule has 0 bridgehead atoms. The fourth-order valence-corrected chi connectivity index (χ4v) is 4.61. The maximum Gasteiger partial charge on any atom is 0.189 e. The fourth-order valence-electron chi connectivity index (χ4n) is 3.77. The summed E-state index contributed by atoms with van der Waals surface area (Å²) in [5.41, 5.74) is 3.84. The normalized spacial score (nSPS) is 11.1. The third-order valence-electron chi connectivity index (χ3n) is 5.18. The van der Waals surface area contributed by atoms with E-state index < -0.39 is 0 Å². The lowest BCUT2D eigenvalue weighted by molar-refractivity contribution is 0.101. The number of rotatable bonds is 6. The van der Waals surface area contributed by atoms with Crippen molar-refractivity contribution in [2.24, 2.45) is 0 Å². The number of aromatic nitrogens is 3. The van der Waals surface area contributed by atoms with E-state index in [1.807, 2.05) is 24.3 Å². The predicted molar refractivity (Wildman–Crippen MR) is 120 cm³/mol. The van der Waals surface area contributed by atoms with Crippen LogP contribution in [-0.4, -0.2) is 32.5 Å². The molecule has 2 aromatic heterocycles. The molecule has 31 heavy (non-hydrogen) atoms. The summed E-state index contributed by atoms with van der Waals surface area (Å²) in [6.07, 6.45) is 0. The van der Waals surface area contributed by atoms with Crippen molar-refractivity contribution in [3.8, 4) is 11.3 Å². The number of fused-ring (bicyclic) bond motifs is 1. The molecule has 1 N–H and O–H groups in total. The number of hydrogen-bond donors (Lipinski definition) is 1. The van der Waals surface area contributed by atoms with Crippen molar-refractivity contribution in [3.05, 3.63) is 76.9 Å². The highest BCUT2D eigenvalue weighted by Crippen LogP contribution is 2.32. The van der Waals surface area contributed by atoms with Crippen molar-refractivity contribution in [2.45, 2.75) is 25.8 Å². The molecule has 0 aliphatic rings. The molecule has 0 unspecified atom stereocenters. The molecule has 2 aromatic carbocycles. The largest absolute Gasteiger partial charge is 0.355 e. The van der Waals surface area contributed by atoms with Crippen molar-refractivity contribution in [3.63, 3.8) is 0 Å². The molecule has 0 atom stereocenters. The second-order valence-corrected chi connectivity index (χ2v) is 8.26. The maximum atomic E-state index is 13.3. The number of carbonyl (C=O) groups excluding carboxylic acids is 2. The number of ketones is 2. The second kappa shape index (κ2) is 8.43.